The fourth-order valence-electron chi connectivity index (χ4n) is 2.81. The fourth-order valence-corrected chi connectivity index (χ4v) is 3.00. The topological polar surface area (TPSA) is 53.9 Å². The first-order valence-corrected chi connectivity index (χ1v) is 8.91. The van der Waals surface area contributed by atoms with E-state index in [0.717, 1.165) is 11.1 Å². The summed E-state index contributed by atoms with van der Waals surface area (Å²) in [6.45, 7) is 4.19. The van der Waals surface area contributed by atoms with Gasteiger partial charge < -0.3 is 4.90 Å². The number of aryl methyl sites for hydroxylation is 1. The zero-order chi connectivity index (χ0) is 18.7. The minimum absolute atomic E-state index is 0.0207. The van der Waals surface area contributed by atoms with E-state index in [1.54, 1.807) is 9.47 Å². The summed E-state index contributed by atoms with van der Waals surface area (Å²) in [5.74, 6) is 0.649. The van der Waals surface area contributed by atoms with E-state index in [-0.39, 0.29) is 18.5 Å². The molecule has 1 atom stereocenters. The number of H-pyrrole nitrogens is 1. The van der Waals surface area contributed by atoms with Gasteiger partial charge in [0.15, 0.2) is 10.6 Å². The van der Waals surface area contributed by atoms with Crippen molar-refractivity contribution >= 4 is 18.1 Å². The zero-order valence-electron chi connectivity index (χ0n) is 15.1. The van der Waals surface area contributed by atoms with Crippen LogP contribution in [0.3, 0.4) is 0 Å². The van der Waals surface area contributed by atoms with Crippen LogP contribution in [-0.2, 0) is 11.3 Å². The number of nitrogens with zero attached hydrogens (tertiary/aromatic N) is 3. The van der Waals surface area contributed by atoms with E-state index in [1.165, 1.54) is 5.56 Å². The molecule has 1 unspecified atom stereocenters. The predicted octanol–water partition coefficient (Wildman–Crippen LogP) is 4.14. The predicted molar refractivity (Wildman–Crippen MR) is 105 cm³/mol. The van der Waals surface area contributed by atoms with Gasteiger partial charge in [-0.1, -0.05) is 60.2 Å². The monoisotopic (exact) mass is 366 g/mol. The average Bonchev–Trinajstić information content (AvgIpc) is 3.02. The van der Waals surface area contributed by atoms with Crippen molar-refractivity contribution in [2.24, 2.45) is 0 Å². The maximum Gasteiger partial charge on any atom is 0.242 e. The molecule has 0 saturated carbocycles. The van der Waals surface area contributed by atoms with Crippen molar-refractivity contribution in [1.82, 2.24) is 19.7 Å². The Kier molecular flexibility index (Phi) is 5.32. The number of rotatable bonds is 5. The minimum atomic E-state index is -0.0211. The van der Waals surface area contributed by atoms with Gasteiger partial charge in [-0.2, -0.15) is 5.10 Å². The lowest BCUT2D eigenvalue weighted by atomic mass is 10.1. The Bertz CT molecular complexity index is 944. The van der Waals surface area contributed by atoms with Crippen LogP contribution < -0.4 is 0 Å². The first kappa shape index (κ1) is 18.1. The smallest absolute Gasteiger partial charge is 0.242 e. The Morgan fingerprint density at radius 2 is 1.85 bits per heavy atom. The van der Waals surface area contributed by atoms with Crippen LogP contribution in [0, 0.1) is 11.7 Å². The molecule has 1 heterocycles. The first-order valence-electron chi connectivity index (χ1n) is 8.50. The fraction of sp³-hybridized carbons (Fsp3) is 0.250. The lowest BCUT2D eigenvalue weighted by molar-refractivity contribution is -0.132. The van der Waals surface area contributed by atoms with Gasteiger partial charge >= 0.3 is 0 Å². The maximum absolute atomic E-state index is 12.8. The molecule has 0 radical (unpaired) electrons. The third-order valence-electron chi connectivity index (χ3n) is 4.62. The second kappa shape index (κ2) is 7.66. The van der Waals surface area contributed by atoms with E-state index < -0.39 is 0 Å². The van der Waals surface area contributed by atoms with E-state index >= 15 is 0 Å². The Hall–Kier alpha value is -2.73. The number of hydrogen-bond donors (Lipinski definition) is 1. The number of aromatic nitrogens is 3. The van der Waals surface area contributed by atoms with Gasteiger partial charge in [0.05, 0.1) is 6.04 Å². The Labute approximate surface area is 158 Å². The van der Waals surface area contributed by atoms with Gasteiger partial charge in [-0.3, -0.25) is 14.5 Å². The van der Waals surface area contributed by atoms with Gasteiger partial charge in [-0.05, 0) is 31.6 Å². The number of nitrogens with one attached hydrogen (secondary N) is 1. The van der Waals surface area contributed by atoms with Gasteiger partial charge in [-0.25, -0.2) is 0 Å². The van der Waals surface area contributed by atoms with Gasteiger partial charge in [0.25, 0.3) is 0 Å². The highest BCUT2D eigenvalue weighted by Gasteiger charge is 2.20. The number of carbonyl (C=O) groups is 1. The molecule has 0 aliphatic rings. The minimum Gasteiger partial charge on any atom is -0.337 e. The van der Waals surface area contributed by atoms with Crippen molar-refractivity contribution < 1.29 is 4.79 Å². The van der Waals surface area contributed by atoms with Crippen molar-refractivity contribution in [3.63, 3.8) is 0 Å². The van der Waals surface area contributed by atoms with Gasteiger partial charge in [0.2, 0.25) is 5.91 Å². The molecule has 0 fully saturated rings. The summed E-state index contributed by atoms with van der Waals surface area (Å²) >= 11 is 5.34. The molecule has 0 spiro atoms. The quantitative estimate of drug-likeness (QED) is 0.691. The third-order valence-corrected chi connectivity index (χ3v) is 4.93. The van der Waals surface area contributed by atoms with Crippen LogP contribution in [0.5, 0.6) is 0 Å². The summed E-state index contributed by atoms with van der Waals surface area (Å²) in [5.41, 5.74) is 3.19. The van der Waals surface area contributed by atoms with Crippen molar-refractivity contribution in [2.45, 2.75) is 26.4 Å². The maximum atomic E-state index is 12.8. The molecule has 0 bridgehead atoms. The van der Waals surface area contributed by atoms with E-state index in [1.807, 2.05) is 75.5 Å². The SMILES string of the molecule is Cc1ccc(-c2n[nH]c(=S)n2CC(=O)N(C)C(C)c2ccccc2)cc1. The zero-order valence-corrected chi connectivity index (χ0v) is 16.0. The Balaban J connectivity index is 1.82. The van der Waals surface area contributed by atoms with Gasteiger partial charge in [-0.15, -0.1) is 0 Å². The van der Waals surface area contributed by atoms with Crippen LogP contribution in [0.25, 0.3) is 11.4 Å². The molecule has 134 valence electrons. The summed E-state index contributed by atoms with van der Waals surface area (Å²) in [4.78, 5) is 14.6. The summed E-state index contributed by atoms with van der Waals surface area (Å²) in [7, 11) is 1.81. The number of carbonyl (C=O) groups excluding carboxylic acids is 1. The van der Waals surface area contributed by atoms with E-state index in [9.17, 15) is 4.79 Å². The summed E-state index contributed by atoms with van der Waals surface area (Å²) < 4.78 is 2.19. The van der Waals surface area contributed by atoms with Crippen LogP contribution in [-0.4, -0.2) is 32.6 Å². The molecule has 1 N–H and O–H groups in total. The second-order valence-electron chi connectivity index (χ2n) is 6.40. The molecule has 1 amide bonds. The van der Waals surface area contributed by atoms with Crippen LogP contribution in [0.2, 0.25) is 0 Å². The average molecular weight is 366 g/mol. The number of hydrogen-bond acceptors (Lipinski definition) is 3. The largest absolute Gasteiger partial charge is 0.337 e. The molecule has 2 aromatic carbocycles. The highest BCUT2D eigenvalue weighted by atomic mass is 32.1. The molecule has 5 nitrogen and oxygen atoms in total. The molecule has 26 heavy (non-hydrogen) atoms. The van der Waals surface area contributed by atoms with Crippen molar-refractivity contribution in [1.29, 1.82) is 0 Å². The number of amides is 1. The first-order chi connectivity index (χ1) is 12.5. The van der Waals surface area contributed by atoms with Gasteiger partial charge in [0, 0.05) is 12.6 Å². The molecule has 1 aromatic heterocycles. The molecule has 3 aromatic rings. The van der Waals surface area contributed by atoms with Crippen LogP contribution in [0.4, 0.5) is 0 Å². The van der Waals surface area contributed by atoms with Crippen molar-refractivity contribution in [3.8, 4) is 11.4 Å². The third kappa shape index (κ3) is 3.75. The lowest BCUT2D eigenvalue weighted by Gasteiger charge is -2.25. The number of aromatic amines is 1. The summed E-state index contributed by atoms with van der Waals surface area (Å²) in [5, 5.41) is 7.11. The molecule has 0 aliphatic carbocycles. The standard InChI is InChI=1S/C20H22N4OS/c1-14-9-11-17(12-10-14)19-21-22-20(26)24(19)13-18(25)23(3)15(2)16-7-5-4-6-8-16/h4-12,15H,13H2,1-3H3,(H,22,26). The lowest BCUT2D eigenvalue weighted by Crippen LogP contribution is -2.32. The van der Waals surface area contributed by atoms with E-state index in [2.05, 4.69) is 10.2 Å². The Morgan fingerprint density at radius 3 is 2.50 bits per heavy atom. The number of benzene rings is 2. The second-order valence-corrected chi connectivity index (χ2v) is 6.78. The van der Waals surface area contributed by atoms with Crippen molar-refractivity contribution in [2.75, 3.05) is 7.05 Å². The Morgan fingerprint density at radius 1 is 1.19 bits per heavy atom. The molecular weight excluding hydrogens is 344 g/mol. The highest BCUT2D eigenvalue weighted by molar-refractivity contribution is 7.71. The molecule has 3 rings (SSSR count). The molecular formula is C20H22N4OS. The van der Waals surface area contributed by atoms with Crippen LogP contribution in [0.1, 0.15) is 24.1 Å². The van der Waals surface area contributed by atoms with Crippen LogP contribution >= 0.6 is 12.2 Å². The normalized spacial score (nSPS) is 12.0. The summed E-state index contributed by atoms with van der Waals surface area (Å²) in [6, 6.07) is 18.0. The highest BCUT2D eigenvalue weighted by Crippen LogP contribution is 2.21. The van der Waals surface area contributed by atoms with E-state index in [0.29, 0.717) is 10.6 Å². The molecule has 0 aliphatic heterocycles. The van der Waals surface area contributed by atoms with Gasteiger partial charge in [0.1, 0.15) is 6.54 Å². The molecule has 0 saturated heterocycles. The van der Waals surface area contributed by atoms with Crippen molar-refractivity contribution in [3.05, 3.63) is 70.5 Å². The number of likely N-dealkylation sites (N-methyl/N-ethyl adjacent to an activating group) is 1. The summed E-state index contributed by atoms with van der Waals surface area (Å²) in [6.07, 6.45) is 0. The van der Waals surface area contributed by atoms with Crippen LogP contribution in [0.15, 0.2) is 54.6 Å². The molecule has 6 heteroatoms. The van der Waals surface area contributed by atoms with E-state index in [4.69, 9.17) is 12.2 Å².